The van der Waals surface area contributed by atoms with E-state index in [1.807, 2.05) is 0 Å². The van der Waals surface area contributed by atoms with E-state index in [2.05, 4.69) is 41.8 Å². The topological polar surface area (TPSA) is 46.0 Å². The van der Waals surface area contributed by atoms with Crippen LogP contribution in [0.25, 0.3) is 0 Å². The number of nitrogens with zero attached hydrogens (tertiary/aromatic N) is 2. The second-order valence-corrected chi connectivity index (χ2v) is 10.7. The molecule has 0 aliphatic carbocycles. The number of hydrogen-bond acceptors (Lipinski definition) is 5. The van der Waals surface area contributed by atoms with Crippen molar-refractivity contribution in [1.29, 1.82) is 0 Å². The first-order valence-corrected chi connectivity index (χ1v) is 8.48. The molecule has 0 saturated carbocycles. The minimum absolute atomic E-state index is 0.0568. The molecule has 90 valence electrons. The Labute approximate surface area is 128 Å². The highest BCUT2D eigenvalue weighted by atomic mass is 79.9. The van der Waals surface area contributed by atoms with Crippen LogP contribution >= 0.6 is 76.6 Å². The fourth-order valence-corrected chi connectivity index (χ4v) is 4.11. The van der Waals surface area contributed by atoms with Gasteiger partial charge in [-0.1, -0.05) is 42.7 Å². The number of aromatic hydroxyl groups is 1. The lowest BCUT2D eigenvalue weighted by Gasteiger charge is -2.19. The Kier molecular flexibility index (Phi) is 6.01. The monoisotopic (exact) mass is 426 g/mol. The van der Waals surface area contributed by atoms with Crippen molar-refractivity contribution < 1.29 is 5.11 Å². The van der Waals surface area contributed by atoms with Crippen LogP contribution in [0.5, 0.6) is 5.88 Å². The molecule has 0 aromatic carbocycles. The van der Waals surface area contributed by atoms with E-state index in [1.54, 1.807) is 6.92 Å². The summed E-state index contributed by atoms with van der Waals surface area (Å²) in [5, 5.41) is 9.73. The Balaban J connectivity index is 2.68. The summed E-state index contributed by atoms with van der Waals surface area (Å²) in [4.78, 5) is 7.35. The third-order valence-corrected chi connectivity index (χ3v) is 8.80. The van der Waals surface area contributed by atoms with Crippen molar-refractivity contribution in [3.8, 4) is 5.88 Å². The van der Waals surface area contributed by atoms with Gasteiger partial charge in [-0.3, -0.25) is 0 Å². The van der Waals surface area contributed by atoms with Crippen LogP contribution in [0.1, 0.15) is 5.69 Å². The summed E-state index contributed by atoms with van der Waals surface area (Å²) in [5.41, 5.74) is 0.693. The zero-order valence-electron chi connectivity index (χ0n) is 7.82. The molecule has 1 heterocycles. The smallest absolute Gasteiger partial charge is 0.215 e. The molecule has 1 aromatic rings. The molecule has 0 aliphatic heterocycles. The molecule has 0 aliphatic rings. The van der Waals surface area contributed by atoms with Gasteiger partial charge in [0.05, 0.1) is 0 Å². The Morgan fingerprint density at radius 3 is 2.56 bits per heavy atom. The van der Waals surface area contributed by atoms with Crippen molar-refractivity contribution in [3.63, 3.8) is 0 Å². The maximum absolute atomic E-state index is 9.28. The lowest BCUT2D eigenvalue weighted by Crippen LogP contribution is -2.13. The van der Waals surface area contributed by atoms with Crippen molar-refractivity contribution in [2.45, 2.75) is 19.5 Å². The van der Waals surface area contributed by atoms with Gasteiger partial charge in [0.1, 0.15) is 4.84 Å². The van der Waals surface area contributed by atoms with E-state index in [1.165, 1.54) is 27.7 Å². The zero-order valence-corrected chi connectivity index (χ0v) is 14.1. The van der Waals surface area contributed by atoms with Crippen LogP contribution in [-0.4, -0.2) is 22.5 Å². The van der Waals surface area contributed by atoms with Gasteiger partial charge in [0.15, 0.2) is 2.57 Å². The maximum Gasteiger partial charge on any atom is 0.215 e. The molecule has 9 heteroatoms. The SMILES string of the molecule is Cc1cc(O)nc(SSC(Br)(Br)C(Cl)Cl)n1. The summed E-state index contributed by atoms with van der Waals surface area (Å²) in [7, 11) is 2.56. The van der Waals surface area contributed by atoms with Gasteiger partial charge in [-0.25, -0.2) is 4.98 Å². The first-order chi connectivity index (χ1) is 7.31. The van der Waals surface area contributed by atoms with E-state index in [0.29, 0.717) is 10.9 Å². The van der Waals surface area contributed by atoms with E-state index in [4.69, 9.17) is 23.2 Å². The van der Waals surface area contributed by atoms with Gasteiger partial charge in [0.2, 0.25) is 11.0 Å². The molecule has 0 radical (unpaired) electrons. The predicted octanol–water partition coefficient (Wildman–Crippen LogP) is 4.48. The number of aryl methyl sites for hydroxylation is 1. The molecule has 0 saturated heterocycles. The number of rotatable bonds is 4. The van der Waals surface area contributed by atoms with Crippen molar-refractivity contribution in [3.05, 3.63) is 11.8 Å². The van der Waals surface area contributed by atoms with Crippen LogP contribution < -0.4 is 0 Å². The normalized spacial score (nSPS) is 12.1. The highest BCUT2D eigenvalue weighted by Crippen LogP contribution is 2.52. The quantitative estimate of drug-likeness (QED) is 0.435. The second-order valence-electron chi connectivity index (χ2n) is 2.68. The lowest BCUT2D eigenvalue weighted by molar-refractivity contribution is 0.444. The van der Waals surface area contributed by atoms with E-state index in [9.17, 15) is 5.11 Å². The number of aromatic nitrogens is 2. The molecular weight excluding hydrogens is 423 g/mol. The van der Waals surface area contributed by atoms with Crippen molar-refractivity contribution in [2.75, 3.05) is 0 Å². The van der Waals surface area contributed by atoms with Gasteiger partial charge < -0.3 is 5.11 Å². The molecule has 16 heavy (non-hydrogen) atoms. The van der Waals surface area contributed by atoms with Crippen molar-refractivity contribution in [1.82, 2.24) is 9.97 Å². The minimum Gasteiger partial charge on any atom is -0.493 e. The lowest BCUT2D eigenvalue weighted by atomic mass is 10.4. The molecule has 1 aromatic heterocycles. The van der Waals surface area contributed by atoms with Crippen molar-refractivity contribution >= 4 is 76.6 Å². The van der Waals surface area contributed by atoms with E-state index < -0.39 is 7.40 Å². The molecule has 1 rings (SSSR count). The van der Waals surface area contributed by atoms with Gasteiger partial charge in [-0.2, -0.15) is 4.98 Å². The maximum atomic E-state index is 9.28. The van der Waals surface area contributed by atoms with Gasteiger partial charge in [-0.15, -0.1) is 23.2 Å². The van der Waals surface area contributed by atoms with E-state index in [0.717, 1.165) is 0 Å². The van der Waals surface area contributed by atoms with Gasteiger partial charge in [0.25, 0.3) is 0 Å². The third-order valence-electron chi connectivity index (χ3n) is 1.30. The Morgan fingerprint density at radius 1 is 1.44 bits per heavy atom. The van der Waals surface area contributed by atoms with Gasteiger partial charge in [0, 0.05) is 11.8 Å². The van der Waals surface area contributed by atoms with Gasteiger partial charge >= 0.3 is 0 Å². The predicted molar refractivity (Wildman–Crippen MR) is 78.0 cm³/mol. The van der Waals surface area contributed by atoms with E-state index >= 15 is 0 Å². The summed E-state index contributed by atoms with van der Waals surface area (Å²) < 4.78 is -0.684. The first kappa shape index (κ1) is 15.2. The number of halogens is 4. The highest BCUT2D eigenvalue weighted by molar-refractivity contribution is 9.30. The molecule has 0 unspecified atom stereocenters. The van der Waals surface area contributed by atoms with E-state index in [-0.39, 0.29) is 5.88 Å². The molecule has 0 fully saturated rings. The van der Waals surface area contributed by atoms with Crippen LogP contribution in [0, 0.1) is 6.92 Å². The molecule has 0 amide bonds. The fraction of sp³-hybridized carbons (Fsp3) is 0.429. The summed E-state index contributed by atoms with van der Waals surface area (Å²) >= 11 is 18.1. The summed E-state index contributed by atoms with van der Waals surface area (Å²) in [6.07, 6.45) is 0. The van der Waals surface area contributed by atoms with Crippen LogP contribution in [0.2, 0.25) is 0 Å². The largest absolute Gasteiger partial charge is 0.493 e. The van der Waals surface area contributed by atoms with Crippen LogP contribution in [0.4, 0.5) is 0 Å². The summed E-state index contributed by atoms with van der Waals surface area (Å²) in [6, 6.07) is 1.48. The summed E-state index contributed by atoms with van der Waals surface area (Å²) in [5.74, 6) is -0.0568. The minimum atomic E-state index is -0.684. The number of alkyl halides is 4. The zero-order chi connectivity index (χ0) is 12.3. The molecule has 0 atom stereocenters. The molecule has 0 spiro atoms. The highest BCUT2D eigenvalue weighted by Gasteiger charge is 2.32. The summed E-state index contributed by atoms with van der Waals surface area (Å²) in [6.45, 7) is 1.78. The fourth-order valence-electron chi connectivity index (χ4n) is 0.692. The van der Waals surface area contributed by atoms with Crippen LogP contribution in [0.15, 0.2) is 11.2 Å². The third kappa shape index (κ3) is 4.78. The van der Waals surface area contributed by atoms with Crippen LogP contribution in [-0.2, 0) is 0 Å². The average molecular weight is 429 g/mol. The first-order valence-electron chi connectivity index (χ1n) is 3.87. The van der Waals surface area contributed by atoms with Gasteiger partial charge in [-0.05, 0) is 17.7 Å². The Hall–Kier alpha value is 1.12. The number of hydrogen-bond donors (Lipinski definition) is 1. The van der Waals surface area contributed by atoms with Crippen LogP contribution in [0.3, 0.4) is 0 Å². The standard InChI is InChI=1S/C7H6Br2Cl2N2OS2/c1-3-2-4(14)13-6(12-3)15-16-7(8,9)5(10)11/h2,5H,1H3,(H,12,13,14). The Morgan fingerprint density at radius 2 is 2.06 bits per heavy atom. The molecular formula is C7H6Br2Cl2N2OS2. The Bertz CT molecular complexity index is 361. The molecule has 0 bridgehead atoms. The molecule has 1 N–H and O–H groups in total. The average Bonchev–Trinajstić information content (AvgIpc) is 2.13. The van der Waals surface area contributed by atoms with Crippen molar-refractivity contribution in [2.24, 2.45) is 0 Å². The molecule has 3 nitrogen and oxygen atoms in total. The second kappa shape index (κ2) is 6.33.